The molecule has 2 N–H and O–H groups in total. The molecule has 0 spiro atoms. The maximum Gasteiger partial charge on any atom is 0.356 e. The first-order valence-electron chi connectivity index (χ1n) is 9.24. The third kappa shape index (κ3) is 4.63. The molecule has 9 nitrogen and oxygen atoms in total. The lowest BCUT2D eigenvalue weighted by Crippen LogP contribution is -2.21. The highest BCUT2D eigenvalue weighted by Crippen LogP contribution is 2.56. The summed E-state index contributed by atoms with van der Waals surface area (Å²) < 4.78 is 45.2. The van der Waals surface area contributed by atoms with Crippen LogP contribution in [0.2, 0.25) is 5.02 Å². The van der Waals surface area contributed by atoms with Crippen molar-refractivity contribution in [1.29, 1.82) is 0 Å². The molecule has 0 amide bonds. The van der Waals surface area contributed by atoms with Crippen LogP contribution in [-0.4, -0.2) is 38.6 Å². The van der Waals surface area contributed by atoms with Crippen LogP contribution >= 0.6 is 19.2 Å². The summed E-state index contributed by atoms with van der Waals surface area (Å²) in [5, 5.41) is 0.247. The molecule has 0 bridgehead atoms. The van der Waals surface area contributed by atoms with E-state index in [4.69, 9.17) is 31.1 Å². The molecule has 12 heteroatoms. The van der Waals surface area contributed by atoms with Crippen molar-refractivity contribution in [3.05, 3.63) is 47.3 Å². The first kappa shape index (κ1) is 21.1. The summed E-state index contributed by atoms with van der Waals surface area (Å²) in [4.78, 5) is 12.3. The van der Waals surface area contributed by atoms with Crippen LogP contribution in [0.3, 0.4) is 0 Å². The van der Waals surface area contributed by atoms with Gasteiger partial charge < -0.3 is 19.6 Å². The third-order valence-electron chi connectivity index (χ3n) is 4.61. The Kier molecular flexibility index (Phi) is 6.04. The molecule has 3 aromatic rings. The van der Waals surface area contributed by atoms with E-state index in [2.05, 4.69) is 15.0 Å². The monoisotopic (exact) mass is 455 g/mol. The molecule has 2 aromatic heterocycles. The fourth-order valence-corrected chi connectivity index (χ4v) is 5.07. The number of nitrogen functional groups attached to an aromatic ring is 1. The number of benzene rings is 1. The zero-order chi connectivity index (χ0) is 21.3. The summed E-state index contributed by atoms with van der Waals surface area (Å²) in [6.45, 7) is 2.42. The maximum absolute atomic E-state index is 13.7. The molecule has 1 aliphatic rings. The number of aromatic nitrogens is 4. The van der Waals surface area contributed by atoms with Crippen LogP contribution in [0.25, 0.3) is 11.2 Å². The van der Waals surface area contributed by atoms with Crippen LogP contribution in [0.1, 0.15) is 25.0 Å². The molecule has 4 rings (SSSR count). The molecule has 3 atom stereocenters. The Morgan fingerprint density at radius 1 is 1.40 bits per heavy atom. The summed E-state index contributed by atoms with van der Waals surface area (Å²) in [6, 6.07) is 4.10. The van der Waals surface area contributed by atoms with Gasteiger partial charge >= 0.3 is 7.60 Å². The number of hydrogen-bond donors (Lipinski definition) is 1. The number of fused-ring (bicyclic) bond motifs is 1. The summed E-state index contributed by atoms with van der Waals surface area (Å²) in [5.41, 5.74) is 7.40. The summed E-state index contributed by atoms with van der Waals surface area (Å²) in [7, 11) is -3.52. The van der Waals surface area contributed by atoms with Crippen molar-refractivity contribution >= 4 is 36.2 Å². The highest BCUT2D eigenvalue weighted by molar-refractivity contribution is 7.53. The van der Waals surface area contributed by atoms with E-state index in [-0.39, 0.29) is 24.1 Å². The molecule has 1 unspecified atom stereocenters. The number of anilines is 1. The lowest BCUT2D eigenvalue weighted by Gasteiger charge is -2.30. The van der Waals surface area contributed by atoms with Crippen LogP contribution in [0, 0.1) is 5.82 Å². The minimum Gasteiger partial charge on any atom is -0.382 e. The van der Waals surface area contributed by atoms with Gasteiger partial charge in [-0.1, -0.05) is 11.6 Å². The lowest BCUT2D eigenvalue weighted by molar-refractivity contribution is 0.0339. The van der Waals surface area contributed by atoms with Gasteiger partial charge in [-0.2, -0.15) is 0 Å². The largest absolute Gasteiger partial charge is 0.382 e. The van der Waals surface area contributed by atoms with E-state index < -0.39 is 19.5 Å². The lowest BCUT2D eigenvalue weighted by atomic mass is 10.1. The van der Waals surface area contributed by atoms with Crippen molar-refractivity contribution in [2.75, 3.05) is 18.7 Å². The Bertz CT molecular complexity index is 1090. The Labute approximate surface area is 176 Å². The Morgan fingerprint density at radius 3 is 3.03 bits per heavy atom. The van der Waals surface area contributed by atoms with Gasteiger partial charge in [0.25, 0.3) is 0 Å². The van der Waals surface area contributed by atoms with E-state index in [1.807, 2.05) is 6.92 Å². The van der Waals surface area contributed by atoms with Gasteiger partial charge in [0.15, 0.2) is 11.5 Å². The van der Waals surface area contributed by atoms with Crippen molar-refractivity contribution in [2.24, 2.45) is 0 Å². The number of halogens is 2. The molecular formula is C18H20ClFN5O4P. The highest BCUT2D eigenvalue weighted by Gasteiger charge is 2.35. The van der Waals surface area contributed by atoms with Crippen molar-refractivity contribution in [2.45, 2.75) is 32.1 Å². The summed E-state index contributed by atoms with van der Waals surface area (Å²) in [6.07, 6.45) is 2.21. The van der Waals surface area contributed by atoms with Gasteiger partial charge in [-0.25, -0.2) is 19.3 Å². The fourth-order valence-electron chi connectivity index (χ4n) is 3.21. The number of nitrogens with two attached hydrogens (primary N) is 1. The van der Waals surface area contributed by atoms with E-state index in [1.54, 1.807) is 17.0 Å². The molecule has 0 saturated carbocycles. The first-order valence-corrected chi connectivity index (χ1v) is 11.3. The van der Waals surface area contributed by atoms with Gasteiger partial charge in [0, 0.05) is 11.4 Å². The van der Waals surface area contributed by atoms with Crippen molar-refractivity contribution in [3.8, 4) is 0 Å². The summed E-state index contributed by atoms with van der Waals surface area (Å²) >= 11 is 5.92. The first-order chi connectivity index (χ1) is 14.3. The van der Waals surface area contributed by atoms with Crippen molar-refractivity contribution in [3.63, 3.8) is 0 Å². The second-order valence-corrected chi connectivity index (χ2v) is 9.35. The number of rotatable bonds is 6. The molecule has 30 heavy (non-hydrogen) atoms. The second kappa shape index (κ2) is 8.56. The Hall–Kier alpha value is -2.10. The van der Waals surface area contributed by atoms with E-state index in [1.165, 1.54) is 18.5 Å². The van der Waals surface area contributed by atoms with E-state index in [9.17, 15) is 8.96 Å². The molecule has 1 aromatic carbocycles. The molecule has 0 radical (unpaired) electrons. The van der Waals surface area contributed by atoms with Gasteiger partial charge in [-0.3, -0.25) is 9.09 Å². The minimum atomic E-state index is -3.52. The predicted octanol–water partition coefficient (Wildman–Crippen LogP) is 3.93. The van der Waals surface area contributed by atoms with Crippen LogP contribution in [-0.2, 0) is 24.9 Å². The van der Waals surface area contributed by atoms with Crippen LogP contribution < -0.4 is 5.73 Å². The minimum absolute atomic E-state index is 0.205. The fraction of sp³-hybridized carbons (Fsp3) is 0.389. The molecule has 1 aliphatic heterocycles. The van der Waals surface area contributed by atoms with Crippen molar-refractivity contribution in [1.82, 2.24) is 19.5 Å². The standard InChI is InChI=1S/C18H20ClFN5O4P/c1-11(7-25-9-24-16-17(21)22-8-23-18(16)25)27-10-30(26)28-3-2-15(29-30)12-4-13(19)6-14(20)5-12/h4-6,8-9,11,15H,2-3,7,10H2,1H3,(H2,21,22,23)/t11-,15-,30?/m1/s1. The van der Waals surface area contributed by atoms with Crippen LogP contribution in [0.15, 0.2) is 30.9 Å². The molecule has 0 aliphatic carbocycles. The number of hydrogen-bond acceptors (Lipinski definition) is 8. The zero-order valence-corrected chi connectivity index (χ0v) is 17.7. The maximum atomic E-state index is 13.7. The smallest absolute Gasteiger partial charge is 0.356 e. The zero-order valence-electron chi connectivity index (χ0n) is 16.1. The topological polar surface area (TPSA) is 114 Å². The van der Waals surface area contributed by atoms with Crippen LogP contribution in [0.4, 0.5) is 10.2 Å². The van der Waals surface area contributed by atoms with Gasteiger partial charge in [-0.05, 0) is 30.7 Å². The predicted molar refractivity (Wildman–Crippen MR) is 109 cm³/mol. The Balaban J connectivity index is 1.39. The number of ether oxygens (including phenoxy) is 1. The van der Waals surface area contributed by atoms with Gasteiger partial charge in [0.1, 0.15) is 24.0 Å². The second-order valence-electron chi connectivity index (χ2n) is 6.96. The average Bonchev–Trinajstić information content (AvgIpc) is 3.10. The molecular weight excluding hydrogens is 436 g/mol. The average molecular weight is 456 g/mol. The Morgan fingerprint density at radius 2 is 2.23 bits per heavy atom. The quantitative estimate of drug-likeness (QED) is 0.556. The highest BCUT2D eigenvalue weighted by atomic mass is 35.5. The number of imidazole rings is 1. The van der Waals surface area contributed by atoms with E-state index in [0.29, 0.717) is 35.5 Å². The van der Waals surface area contributed by atoms with Gasteiger partial charge in [0.05, 0.1) is 31.7 Å². The molecule has 160 valence electrons. The molecule has 1 saturated heterocycles. The SMILES string of the molecule is C[C@H](Cn1cnc2c(N)ncnc21)OCP1(=O)OCC[C@H](c2cc(F)cc(Cl)c2)O1. The van der Waals surface area contributed by atoms with E-state index in [0.717, 1.165) is 0 Å². The summed E-state index contributed by atoms with van der Waals surface area (Å²) in [5.74, 6) is -0.187. The number of nitrogens with zero attached hydrogens (tertiary/aromatic N) is 4. The molecule has 3 heterocycles. The van der Waals surface area contributed by atoms with Gasteiger partial charge in [0.2, 0.25) is 0 Å². The van der Waals surface area contributed by atoms with Crippen LogP contribution in [0.5, 0.6) is 0 Å². The molecule has 1 fully saturated rings. The normalized spacial score (nSPS) is 23.0. The third-order valence-corrected chi connectivity index (χ3v) is 6.45. The van der Waals surface area contributed by atoms with Gasteiger partial charge in [-0.15, -0.1) is 0 Å². The van der Waals surface area contributed by atoms with Crippen molar-refractivity contribution < 1.29 is 22.7 Å². The van der Waals surface area contributed by atoms with E-state index >= 15 is 0 Å².